The van der Waals surface area contributed by atoms with E-state index in [0.717, 1.165) is 41.1 Å². The fourth-order valence-electron chi connectivity index (χ4n) is 4.21. The molecule has 0 spiro atoms. The second-order valence-corrected chi connectivity index (χ2v) is 8.88. The van der Waals surface area contributed by atoms with Crippen LogP contribution in [0.1, 0.15) is 44.0 Å². The Kier molecular flexibility index (Phi) is 5.81. The molecule has 0 N–H and O–H groups in total. The first kappa shape index (κ1) is 21.1. The van der Waals surface area contributed by atoms with Crippen LogP contribution in [0.25, 0.3) is 11.0 Å². The zero-order valence-electron chi connectivity index (χ0n) is 18.7. The number of carbonyl (C=O) groups is 2. The lowest BCUT2D eigenvalue weighted by atomic mass is 9.97. The fraction of sp³-hybridized carbons (Fsp3) is 0.400. The average Bonchev–Trinajstić information content (AvgIpc) is 3.22. The van der Waals surface area contributed by atoms with E-state index in [1.165, 1.54) is 0 Å². The van der Waals surface area contributed by atoms with E-state index in [1.807, 2.05) is 42.5 Å². The first-order valence-corrected chi connectivity index (χ1v) is 10.9. The Balaban J connectivity index is 1.69. The Labute approximate surface area is 183 Å². The number of para-hydroxylation sites is 3. The van der Waals surface area contributed by atoms with E-state index in [2.05, 4.69) is 24.5 Å². The molecule has 2 heterocycles. The molecule has 1 aromatic heterocycles. The summed E-state index contributed by atoms with van der Waals surface area (Å²) in [6.07, 6.45) is 1.22. The molecule has 3 aromatic rings. The minimum absolute atomic E-state index is 0.0288. The van der Waals surface area contributed by atoms with Gasteiger partial charge in [-0.2, -0.15) is 0 Å². The molecule has 1 aliphatic rings. The van der Waals surface area contributed by atoms with Gasteiger partial charge < -0.3 is 14.4 Å². The number of aryl methyl sites for hydroxylation is 1. The lowest BCUT2D eigenvalue weighted by molar-refractivity contribution is -0.131. The number of aromatic nitrogens is 2. The molecule has 6 nitrogen and oxygen atoms in total. The number of fused-ring (bicyclic) bond motifs is 2. The van der Waals surface area contributed by atoms with Crippen molar-refractivity contribution in [3.05, 3.63) is 59.9 Å². The number of imidazole rings is 1. The summed E-state index contributed by atoms with van der Waals surface area (Å²) in [5, 5.41) is 0. The number of hydrogen-bond donors (Lipinski definition) is 0. The second-order valence-electron chi connectivity index (χ2n) is 8.88. The number of carbonyl (C=O) groups excluding carboxylic acids is 2. The van der Waals surface area contributed by atoms with E-state index < -0.39 is 5.92 Å². The molecule has 0 saturated carbocycles. The summed E-state index contributed by atoms with van der Waals surface area (Å²) in [6, 6.07) is 15.9. The van der Waals surface area contributed by atoms with Crippen molar-refractivity contribution in [2.24, 2.45) is 5.92 Å². The van der Waals surface area contributed by atoms with Crippen LogP contribution >= 0.6 is 0 Å². The third kappa shape index (κ3) is 4.07. The first-order chi connectivity index (χ1) is 14.9. The van der Waals surface area contributed by atoms with Gasteiger partial charge in [0.25, 0.3) is 0 Å². The normalized spacial score (nSPS) is 15.7. The van der Waals surface area contributed by atoms with Gasteiger partial charge in [0.05, 0.1) is 23.5 Å². The van der Waals surface area contributed by atoms with Gasteiger partial charge in [-0.25, -0.2) is 4.98 Å². The number of nitrogens with zero attached hydrogens (tertiary/aromatic N) is 4. The third-order valence-electron chi connectivity index (χ3n) is 6.01. The summed E-state index contributed by atoms with van der Waals surface area (Å²) in [5.74, 6) is 0.937. The number of amides is 2. The highest BCUT2D eigenvalue weighted by molar-refractivity contribution is 6.06. The van der Waals surface area contributed by atoms with Crippen LogP contribution in [-0.4, -0.2) is 40.4 Å². The Morgan fingerprint density at radius 3 is 2.55 bits per heavy atom. The molecule has 0 aliphatic carbocycles. The molecule has 2 aromatic carbocycles. The van der Waals surface area contributed by atoms with Gasteiger partial charge in [0, 0.05) is 32.7 Å². The summed E-state index contributed by atoms with van der Waals surface area (Å²) in [7, 11) is 3.45. The molecule has 0 radical (unpaired) electrons. The first-order valence-electron chi connectivity index (χ1n) is 10.9. The van der Waals surface area contributed by atoms with Crippen LogP contribution in [0.4, 0.5) is 5.69 Å². The van der Waals surface area contributed by atoms with Crippen molar-refractivity contribution in [1.82, 2.24) is 14.5 Å². The highest BCUT2D eigenvalue weighted by atomic mass is 16.2. The van der Waals surface area contributed by atoms with Gasteiger partial charge in [-0.3, -0.25) is 9.59 Å². The van der Waals surface area contributed by atoms with Gasteiger partial charge in [0.2, 0.25) is 11.8 Å². The summed E-state index contributed by atoms with van der Waals surface area (Å²) < 4.78 is 2.24. The van der Waals surface area contributed by atoms with Crippen molar-refractivity contribution in [1.29, 1.82) is 0 Å². The lowest BCUT2D eigenvalue weighted by Gasteiger charge is -2.19. The van der Waals surface area contributed by atoms with Crippen LogP contribution in [0.5, 0.6) is 0 Å². The fourth-order valence-corrected chi connectivity index (χ4v) is 4.21. The Hall–Kier alpha value is -3.15. The number of anilines is 1. The van der Waals surface area contributed by atoms with E-state index in [4.69, 9.17) is 4.98 Å². The third-order valence-corrected chi connectivity index (χ3v) is 6.01. The van der Waals surface area contributed by atoms with Crippen molar-refractivity contribution in [2.45, 2.75) is 45.7 Å². The number of hydrogen-bond acceptors (Lipinski definition) is 3. The molecule has 1 atom stereocenters. The van der Waals surface area contributed by atoms with Gasteiger partial charge in [-0.15, -0.1) is 0 Å². The topological polar surface area (TPSA) is 58.4 Å². The minimum atomic E-state index is -0.445. The van der Waals surface area contributed by atoms with Gasteiger partial charge in [-0.1, -0.05) is 44.2 Å². The summed E-state index contributed by atoms with van der Waals surface area (Å²) >= 11 is 0. The van der Waals surface area contributed by atoms with Crippen molar-refractivity contribution in [2.75, 3.05) is 19.0 Å². The SMILES string of the molecule is CC(C)CCn1c(CN2C(=O)C(CC(=O)N(C)C)c3ccccc32)nc2ccccc21. The van der Waals surface area contributed by atoms with Crippen LogP contribution in [0.15, 0.2) is 48.5 Å². The van der Waals surface area contributed by atoms with E-state index >= 15 is 0 Å². The van der Waals surface area contributed by atoms with Gasteiger partial charge in [0.1, 0.15) is 5.82 Å². The molecule has 0 saturated heterocycles. The van der Waals surface area contributed by atoms with E-state index in [0.29, 0.717) is 12.5 Å². The molecule has 1 unspecified atom stereocenters. The number of rotatable bonds is 7. The predicted molar refractivity (Wildman–Crippen MR) is 123 cm³/mol. The molecule has 0 fully saturated rings. The van der Waals surface area contributed by atoms with Crippen LogP contribution in [0.2, 0.25) is 0 Å². The molecule has 0 bridgehead atoms. The number of benzene rings is 2. The highest BCUT2D eigenvalue weighted by Gasteiger charge is 2.39. The molecule has 6 heteroatoms. The van der Waals surface area contributed by atoms with E-state index in [9.17, 15) is 9.59 Å². The molecule has 31 heavy (non-hydrogen) atoms. The van der Waals surface area contributed by atoms with E-state index in [1.54, 1.807) is 23.9 Å². The summed E-state index contributed by atoms with van der Waals surface area (Å²) in [5.41, 5.74) is 3.84. The van der Waals surface area contributed by atoms with Gasteiger partial charge in [-0.05, 0) is 36.1 Å². The van der Waals surface area contributed by atoms with Gasteiger partial charge in [0.15, 0.2) is 0 Å². The van der Waals surface area contributed by atoms with Crippen molar-refractivity contribution in [3.8, 4) is 0 Å². The van der Waals surface area contributed by atoms with Crippen molar-refractivity contribution < 1.29 is 9.59 Å². The maximum absolute atomic E-state index is 13.4. The Morgan fingerprint density at radius 2 is 1.81 bits per heavy atom. The molecule has 1 aliphatic heterocycles. The lowest BCUT2D eigenvalue weighted by Crippen LogP contribution is -2.32. The Bertz CT molecular complexity index is 1120. The molecular weight excluding hydrogens is 388 g/mol. The van der Waals surface area contributed by atoms with Crippen LogP contribution < -0.4 is 4.90 Å². The molecule has 162 valence electrons. The van der Waals surface area contributed by atoms with Gasteiger partial charge >= 0.3 is 0 Å². The standard InChI is InChI=1S/C25H30N4O2/c1-17(2)13-14-28-22-12-8-6-10-20(22)26-23(28)16-29-21-11-7-5-9-18(21)19(25(29)31)15-24(30)27(3)4/h5-12,17,19H,13-16H2,1-4H3. The maximum Gasteiger partial charge on any atom is 0.235 e. The van der Waals surface area contributed by atoms with Crippen LogP contribution in [0.3, 0.4) is 0 Å². The zero-order valence-corrected chi connectivity index (χ0v) is 18.7. The minimum Gasteiger partial charge on any atom is -0.349 e. The van der Waals surface area contributed by atoms with Crippen LogP contribution in [0, 0.1) is 5.92 Å². The monoisotopic (exact) mass is 418 g/mol. The van der Waals surface area contributed by atoms with Crippen molar-refractivity contribution >= 4 is 28.5 Å². The smallest absolute Gasteiger partial charge is 0.235 e. The van der Waals surface area contributed by atoms with Crippen LogP contribution in [-0.2, 0) is 22.7 Å². The second kappa shape index (κ2) is 8.53. The summed E-state index contributed by atoms with van der Waals surface area (Å²) in [4.78, 5) is 34.0. The Morgan fingerprint density at radius 1 is 1.10 bits per heavy atom. The predicted octanol–water partition coefficient (Wildman–Crippen LogP) is 4.19. The molecule has 4 rings (SSSR count). The van der Waals surface area contributed by atoms with E-state index in [-0.39, 0.29) is 18.2 Å². The largest absolute Gasteiger partial charge is 0.349 e. The summed E-state index contributed by atoms with van der Waals surface area (Å²) in [6.45, 7) is 5.69. The highest BCUT2D eigenvalue weighted by Crippen LogP contribution is 2.40. The average molecular weight is 419 g/mol. The quantitative estimate of drug-likeness (QED) is 0.578. The maximum atomic E-state index is 13.4. The molecule has 2 amide bonds. The van der Waals surface area contributed by atoms with Crippen molar-refractivity contribution in [3.63, 3.8) is 0 Å². The zero-order chi connectivity index (χ0) is 22.1. The molecular formula is C25H30N4O2.